The summed E-state index contributed by atoms with van der Waals surface area (Å²) in [6.45, 7) is 22.0. The smallest absolute Gasteiger partial charge is 0.312 e. The van der Waals surface area contributed by atoms with E-state index in [2.05, 4.69) is 32.3 Å². The van der Waals surface area contributed by atoms with Crippen LogP contribution < -0.4 is 27.0 Å². The number of carbonyl (C=O) groups is 6. The zero-order valence-electron chi connectivity index (χ0n) is 35.5. The maximum absolute atomic E-state index is 13.3. The molecule has 0 aliphatic carbocycles. The first-order valence-corrected chi connectivity index (χ1v) is 20.2. The van der Waals surface area contributed by atoms with E-state index in [1.54, 1.807) is 0 Å². The van der Waals surface area contributed by atoms with E-state index >= 15 is 0 Å². The van der Waals surface area contributed by atoms with Gasteiger partial charge in [0.1, 0.15) is 11.6 Å². The number of hydrogen-bond acceptors (Lipinski definition) is 8. The number of amides is 3. The number of nitrogens with one attached hydrogen (secondary N) is 5. The van der Waals surface area contributed by atoms with Crippen molar-refractivity contribution in [3.63, 3.8) is 0 Å². The molecule has 0 unspecified atom stereocenters. The minimum atomic E-state index is -0.571. The molecule has 2 rings (SSSR count). The number of carbonyl (C=O) groups excluding carboxylic acids is 6. The number of para-hydroxylation sites is 1. The molecular weight excluding hydrogens is 697 g/mol. The number of Topliss-reactive ketones (excluding diaryl/α,β-unsaturated/α-hetero) is 4. The molecule has 0 spiro atoms. The third-order valence-electron chi connectivity index (χ3n) is 9.52. The molecule has 0 fully saturated rings. The topological polar surface area (TPSA) is 192 Å². The molecule has 12 heteroatoms. The lowest BCUT2D eigenvalue weighted by molar-refractivity contribution is -0.131. The first-order valence-electron chi connectivity index (χ1n) is 20.2. The molecule has 0 aliphatic rings. The van der Waals surface area contributed by atoms with E-state index in [-0.39, 0.29) is 95.6 Å². The van der Waals surface area contributed by atoms with Gasteiger partial charge in [-0.2, -0.15) is 0 Å². The Morgan fingerprint density at radius 2 is 1.20 bits per heavy atom. The Morgan fingerprint density at radius 1 is 0.691 bits per heavy atom. The van der Waals surface area contributed by atoms with Gasteiger partial charge >= 0.3 is 6.03 Å². The zero-order chi connectivity index (χ0) is 41.8. The summed E-state index contributed by atoms with van der Waals surface area (Å²) in [6.07, 6.45) is 5.51. The maximum atomic E-state index is 13.3. The highest BCUT2D eigenvalue weighted by molar-refractivity contribution is 5.93. The van der Waals surface area contributed by atoms with Gasteiger partial charge in [0.2, 0.25) is 5.91 Å². The SMILES string of the molecule is CC(=O)NCCC[C@H](CC(=O)[C@H](Cc1c[nH]c2ccccc12)NC(C)C)C(=O)C(C)C.CC(C)N[C@H](C(=O)C[C@@H](CCCNC(N)=O)C(=O)C(C)C)C(C)C. The number of aromatic nitrogens is 1. The lowest BCUT2D eigenvalue weighted by Gasteiger charge is -2.26. The molecule has 55 heavy (non-hydrogen) atoms. The Morgan fingerprint density at radius 3 is 1.67 bits per heavy atom. The fraction of sp³-hybridized carbons (Fsp3) is 0.674. The van der Waals surface area contributed by atoms with Crippen molar-refractivity contribution in [3.8, 4) is 0 Å². The van der Waals surface area contributed by atoms with Crippen LogP contribution in [0.4, 0.5) is 4.79 Å². The quantitative estimate of drug-likeness (QED) is 0.0658. The van der Waals surface area contributed by atoms with Gasteiger partial charge in [0.25, 0.3) is 0 Å². The van der Waals surface area contributed by atoms with Gasteiger partial charge in [-0.15, -0.1) is 0 Å². The predicted octanol–water partition coefficient (Wildman–Crippen LogP) is 6.05. The first kappa shape index (κ1) is 49.1. The van der Waals surface area contributed by atoms with Crippen LogP contribution in [0.25, 0.3) is 10.9 Å². The molecule has 4 atom stereocenters. The van der Waals surface area contributed by atoms with E-state index in [9.17, 15) is 28.8 Å². The van der Waals surface area contributed by atoms with Gasteiger partial charge in [-0.05, 0) is 49.7 Å². The van der Waals surface area contributed by atoms with E-state index in [4.69, 9.17) is 5.73 Å². The molecule has 1 aromatic carbocycles. The number of nitrogens with two attached hydrogens (primary N) is 1. The zero-order valence-corrected chi connectivity index (χ0v) is 35.5. The summed E-state index contributed by atoms with van der Waals surface area (Å²) in [5.74, 6) is -0.387. The van der Waals surface area contributed by atoms with Crippen molar-refractivity contribution in [2.24, 2.45) is 35.3 Å². The van der Waals surface area contributed by atoms with Crippen molar-refractivity contribution in [3.05, 3.63) is 36.0 Å². The summed E-state index contributed by atoms with van der Waals surface area (Å²) in [5.41, 5.74) is 7.19. The molecule has 7 N–H and O–H groups in total. The van der Waals surface area contributed by atoms with Gasteiger partial charge in [-0.1, -0.05) is 87.4 Å². The molecule has 0 aliphatic heterocycles. The number of H-pyrrole nitrogens is 1. The van der Waals surface area contributed by atoms with Gasteiger partial charge in [0.15, 0.2) is 11.6 Å². The van der Waals surface area contributed by atoms with Crippen LogP contribution >= 0.6 is 0 Å². The fourth-order valence-electron chi connectivity index (χ4n) is 6.77. The molecule has 0 radical (unpaired) electrons. The number of aromatic amines is 1. The van der Waals surface area contributed by atoms with Crippen LogP contribution in [0.1, 0.15) is 120 Å². The van der Waals surface area contributed by atoms with Crippen LogP contribution in [-0.2, 0) is 30.4 Å². The molecule has 0 saturated heterocycles. The van der Waals surface area contributed by atoms with Crippen molar-refractivity contribution in [2.45, 2.75) is 145 Å². The van der Waals surface area contributed by atoms with Gasteiger partial charge in [-0.25, -0.2) is 4.79 Å². The second kappa shape index (κ2) is 25.3. The average Bonchev–Trinajstić information content (AvgIpc) is 3.50. The highest BCUT2D eigenvalue weighted by atomic mass is 16.2. The van der Waals surface area contributed by atoms with E-state index < -0.39 is 6.03 Å². The van der Waals surface area contributed by atoms with E-state index in [0.29, 0.717) is 45.2 Å². The maximum Gasteiger partial charge on any atom is 0.312 e. The molecule has 3 amide bonds. The summed E-state index contributed by atoms with van der Waals surface area (Å²) in [5, 5.41) is 13.1. The summed E-state index contributed by atoms with van der Waals surface area (Å²) in [4.78, 5) is 76.3. The van der Waals surface area contributed by atoms with E-state index in [0.717, 1.165) is 16.5 Å². The van der Waals surface area contributed by atoms with Crippen LogP contribution in [0.5, 0.6) is 0 Å². The largest absolute Gasteiger partial charge is 0.361 e. The fourth-order valence-corrected chi connectivity index (χ4v) is 6.77. The Balaban J connectivity index is 0.000000571. The van der Waals surface area contributed by atoms with Crippen LogP contribution in [0, 0.1) is 29.6 Å². The molecule has 0 bridgehead atoms. The first-order chi connectivity index (χ1) is 25.7. The second-order valence-corrected chi connectivity index (χ2v) is 16.4. The molecule has 310 valence electrons. The summed E-state index contributed by atoms with van der Waals surface area (Å²) in [7, 11) is 0. The van der Waals surface area contributed by atoms with Crippen molar-refractivity contribution in [1.82, 2.24) is 26.3 Å². The third-order valence-corrected chi connectivity index (χ3v) is 9.52. The molecule has 12 nitrogen and oxygen atoms in total. The minimum absolute atomic E-state index is 0.0671. The monoisotopic (exact) mass is 769 g/mol. The number of rotatable bonds is 25. The molecule has 1 aromatic heterocycles. The normalized spacial score (nSPS) is 13.7. The van der Waals surface area contributed by atoms with Gasteiger partial charge in [0.05, 0.1) is 12.1 Å². The second-order valence-electron chi connectivity index (χ2n) is 16.4. The highest BCUT2D eigenvalue weighted by Gasteiger charge is 2.30. The van der Waals surface area contributed by atoms with Crippen LogP contribution in [-0.4, -0.2) is 77.3 Å². The third kappa shape index (κ3) is 19.0. The Hall–Kier alpha value is -3.90. The predicted molar refractivity (Wildman–Crippen MR) is 222 cm³/mol. The molecule has 1 heterocycles. The van der Waals surface area contributed by atoms with E-state index in [1.807, 2.05) is 93.6 Å². The van der Waals surface area contributed by atoms with Crippen LogP contribution in [0.3, 0.4) is 0 Å². The van der Waals surface area contributed by atoms with Gasteiger partial charge < -0.3 is 32.0 Å². The van der Waals surface area contributed by atoms with Crippen molar-refractivity contribution >= 4 is 46.0 Å². The molecular formula is C43H72N6O6. The Labute approximate surface area is 330 Å². The number of fused-ring (bicyclic) bond motifs is 1. The summed E-state index contributed by atoms with van der Waals surface area (Å²) < 4.78 is 0. The standard InChI is InChI=1S/C25H37N3O3.C18H35N3O3/c1-16(2)25(31)19(9-8-12-26-18(5)29)14-24(30)23(28-17(3)4)13-20-15-27-22-11-7-6-10-21(20)22;1-11(2)16(21-13(5)6)15(22)10-14(17(23)12(3)4)8-7-9-20-18(19)24/h6-7,10-11,15-17,19,23,27-28H,8-9,12-14H2,1-5H3,(H,26,29);11-14,16,21H,7-10H2,1-6H3,(H3,19,20,24)/t19-,23+;14-,16+/m11/s1. The number of urea groups is 1. The van der Waals surface area contributed by atoms with Crippen molar-refractivity contribution in [2.75, 3.05) is 13.1 Å². The number of primary amides is 1. The molecule has 2 aromatic rings. The summed E-state index contributed by atoms with van der Waals surface area (Å²) in [6, 6.07) is 7.27. The van der Waals surface area contributed by atoms with Crippen molar-refractivity contribution in [1.29, 1.82) is 0 Å². The highest BCUT2D eigenvalue weighted by Crippen LogP contribution is 2.23. The van der Waals surface area contributed by atoms with Crippen molar-refractivity contribution < 1.29 is 28.8 Å². The Bertz CT molecular complexity index is 1510. The number of ketones is 4. The summed E-state index contributed by atoms with van der Waals surface area (Å²) >= 11 is 0. The average molecular weight is 769 g/mol. The minimum Gasteiger partial charge on any atom is -0.361 e. The Kier molecular flexibility index (Phi) is 22.6. The lowest BCUT2D eigenvalue weighted by atomic mass is 9.84. The van der Waals surface area contributed by atoms with Gasteiger partial charge in [-0.3, -0.25) is 24.0 Å². The van der Waals surface area contributed by atoms with Crippen LogP contribution in [0.15, 0.2) is 30.5 Å². The van der Waals surface area contributed by atoms with Gasteiger partial charge in [0, 0.05) is 85.7 Å². The van der Waals surface area contributed by atoms with Crippen LogP contribution in [0.2, 0.25) is 0 Å². The lowest BCUT2D eigenvalue weighted by Crippen LogP contribution is -2.45. The van der Waals surface area contributed by atoms with E-state index in [1.165, 1.54) is 6.92 Å². The number of hydrogen-bond donors (Lipinski definition) is 6. The number of benzene rings is 1. The molecule has 0 saturated carbocycles.